The molecule has 3 aromatic heterocycles. The van der Waals surface area contributed by atoms with Gasteiger partial charge in [-0.15, -0.1) is 11.3 Å². The fourth-order valence-electron chi connectivity index (χ4n) is 1.97. The van der Waals surface area contributed by atoms with Crippen LogP contribution in [0, 0.1) is 18.6 Å². The maximum absolute atomic E-state index is 12.6. The van der Waals surface area contributed by atoms with E-state index in [0.29, 0.717) is 15.8 Å². The van der Waals surface area contributed by atoms with Gasteiger partial charge >= 0.3 is 0 Å². The molecule has 0 saturated heterocycles. The molecule has 0 bridgehead atoms. The van der Waals surface area contributed by atoms with E-state index in [-0.39, 0.29) is 5.56 Å². The quantitative estimate of drug-likeness (QED) is 0.699. The Hall–Kier alpha value is -1.86. The van der Waals surface area contributed by atoms with Crippen molar-refractivity contribution in [2.24, 2.45) is 0 Å². The molecule has 0 unspecified atom stereocenters. The number of hydrogen-bond donors (Lipinski definition) is 1. The van der Waals surface area contributed by atoms with E-state index in [1.807, 2.05) is 13.8 Å². The highest BCUT2D eigenvalue weighted by Gasteiger charge is 2.13. The number of aromatic amines is 1. The van der Waals surface area contributed by atoms with Crippen LogP contribution in [0.25, 0.3) is 15.9 Å². The van der Waals surface area contributed by atoms with Crippen molar-refractivity contribution in [3.63, 3.8) is 0 Å². The van der Waals surface area contributed by atoms with E-state index in [4.69, 9.17) is 12.2 Å². The topological polar surface area (TPSA) is 63.6 Å². The minimum atomic E-state index is -0.129. The first-order chi connectivity index (χ1) is 9.09. The molecule has 0 aromatic carbocycles. The number of rotatable bonds is 1. The lowest BCUT2D eigenvalue weighted by Gasteiger charge is -2.05. The monoisotopic (exact) mass is 290 g/mol. The predicted molar refractivity (Wildman–Crippen MR) is 77.7 cm³/mol. The molecule has 96 valence electrons. The average molecular weight is 290 g/mol. The molecule has 3 rings (SSSR count). The molecule has 3 heterocycles. The molecule has 0 saturated carbocycles. The molecule has 0 spiro atoms. The maximum Gasteiger partial charge on any atom is 0.268 e. The van der Waals surface area contributed by atoms with Crippen LogP contribution in [0.4, 0.5) is 0 Å². The summed E-state index contributed by atoms with van der Waals surface area (Å²) < 4.78 is 1.78. The lowest BCUT2D eigenvalue weighted by Crippen LogP contribution is -2.20. The lowest BCUT2D eigenvalue weighted by atomic mass is 10.2. The zero-order valence-electron chi connectivity index (χ0n) is 10.3. The number of thiophene rings is 1. The van der Waals surface area contributed by atoms with Crippen LogP contribution in [0.5, 0.6) is 0 Å². The molecule has 0 fully saturated rings. The standard InChI is InChI=1S/C12H10N4OS2/c1-6-7(2)19-10-9(6)11(17)16(12(18)15-10)8-3-13-5-14-4-8/h3-5H,1-2H3,(H,15,18). The third-order valence-corrected chi connectivity index (χ3v) is 4.44. The summed E-state index contributed by atoms with van der Waals surface area (Å²) in [5.74, 6) is 0. The van der Waals surface area contributed by atoms with Crippen LogP contribution in [0.2, 0.25) is 0 Å². The van der Waals surface area contributed by atoms with E-state index < -0.39 is 0 Å². The Morgan fingerprint density at radius 2 is 2.00 bits per heavy atom. The van der Waals surface area contributed by atoms with Gasteiger partial charge in [-0.1, -0.05) is 0 Å². The van der Waals surface area contributed by atoms with Crippen LogP contribution >= 0.6 is 23.6 Å². The second kappa shape index (κ2) is 4.36. The summed E-state index contributed by atoms with van der Waals surface area (Å²) in [5, 5.41) is 0.681. The third kappa shape index (κ3) is 1.82. The van der Waals surface area contributed by atoms with Crippen LogP contribution in [-0.2, 0) is 0 Å². The first-order valence-corrected chi connectivity index (χ1v) is 6.82. The molecule has 0 aliphatic rings. The van der Waals surface area contributed by atoms with Crippen molar-refractivity contribution in [2.75, 3.05) is 0 Å². The van der Waals surface area contributed by atoms with Crippen molar-refractivity contribution in [3.8, 4) is 5.69 Å². The number of fused-ring (bicyclic) bond motifs is 1. The molecule has 5 nitrogen and oxygen atoms in total. The molecule has 19 heavy (non-hydrogen) atoms. The van der Waals surface area contributed by atoms with Gasteiger partial charge in [-0.25, -0.2) is 14.5 Å². The smallest absolute Gasteiger partial charge is 0.268 e. The summed E-state index contributed by atoms with van der Waals surface area (Å²) in [6.07, 6.45) is 4.55. The van der Waals surface area contributed by atoms with Gasteiger partial charge in [0, 0.05) is 4.88 Å². The van der Waals surface area contributed by atoms with Crippen molar-refractivity contribution in [2.45, 2.75) is 13.8 Å². The first-order valence-electron chi connectivity index (χ1n) is 5.60. The summed E-state index contributed by atoms with van der Waals surface area (Å²) in [4.78, 5) is 25.5. The normalized spacial score (nSPS) is 11.1. The van der Waals surface area contributed by atoms with Gasteiger partial charge in [0.1, 0.15) is 11.2 Å². The van der Waals surface area contributed by atoms with Gasteiger partial charge in [0.2, 0.25) is 0 Å². The number of hydrogen-bond acceptors (Lipinski definition) is 5. The van der Waals surface area contributed by atoms with Crippen molar-refractivity contribution < 1.29 is 0 Å². The lowest BCUT2D eigenvalue weighted by molar-refractivity contribution is 0.919. The maximum atomic E-state index is 12.6. The summed E-state index contributed by atoms with van der Waals surface area (Å²) >= 11 is 6.80. The molecular weight excluding hydrogens is 280 g/mol. The zero-order valence-corrected chi connectivity index (χ0v) is 11.9. The number of aromatic nitrogens is 4. The molecule has 1 N–H and O–H groups in total. The molecule has 0 atom stereocenters. The van der Waals surface area contributed by atoms with Crippen LogP contribution < -0.4 is 5.56 Å². The van der Waals surface area contributed by atoms with Crippen LogP contribution in [0.3, 0.4) is 0 Å². The van der Waals surface area contributed by atoms with E-state index in [0.717, 1.165) is 15.3 Å². The fraction of sp³-hybridized carbons (Fsp3) is 0.167. The molecule has 0 aliphatic carbocycles. The van der Waals surface area contributed by atoms with E-state index in [1.165, 1.54) is 10.9 Å². The SMILES string of the molecule is Cc1sc2[nH]c(=S)n(-c3cncnc3)c(=O)c2c1C. The largest absolute Gasteiger partial charge is 0.323 e. The second-order valence-electron chi connectivity index (χ2n) is 4.15. The highest BCUT2D eigenvalue weighted by atomic mass is 32.1. The number of nitrogens with one attached hydrogen (secondary N) is 1. The number of aryl methyl sites for hydroxylation is 2. The van der Waals surface area contributed by atoms with Crippen LogP contribution in [-0.4, -0.2) is 19.5 Å². The van der Waals surface area contributed by atoms with Gasteiger partial charge in [0.25, 0.3) is 5.56 Å². The van der Waals surface area contributed by atoms with Gasteiger partial charge in [-0.05, 0) is 31.6 Å². The Morgan fingerprint density at radius 1 is 1.32 bits per heavy atom. The van der Waals surface area contributed by atoms with E-state index in [2.05, 4.69) is 15.0 Å². The molecule has 0 amide bonds. The van der Waals surface area contributed by atoms with Gasteiger partial charge in [0.05, 0.1) is 23.5 Å². The summed E-state index contributed by atoms with van der Waals surface area (Å²) in [6, 6.07) is 0. The predicted octanol–water partition coefficient (Wildman–Crippen LogP) is 2.52. The number of H-pyrrole nitrogens is 1. The molecule has 0 aliphatic heterocycles. The summed E-state index contributed by atoms with van der Waals surface area (Å²) in [5.41, 5.74) is 1.43. The highest BCUT2D eigenvalue weighted by Crippen LogP contribution is 2.26. The average Bonchev–Trinajstić information content (AvgIpc) is 2.66. The Labute approximate surface area is 117 Å². The highest BCUT2D eigenvalue weighted by molar-refractivity contribution is 7.71. The van der Waals surface area contributed by atoms with Gasteiger partial charge in [0.15, 0.2) is 4.77 Å². The molecule has 3 aromatic rings. The van der Waals surface area contributed by atoms with Crippen LogP contribution in [0.1, 0.15) is 10.4 Å². The summed E-state index contributed by atoms with van der Waals surface area (Å²) in [6.45, 7) is 3.94. The minimum Gasteiger partial charge on any atom is -0.323 e. The van der Waals surface area contributed by atoms with E-state index in [9.17, 15) is 4.79 Å². The zero-order chi connectivity index (χ0) is 13.6. The van der Waals surface area contributed by atoms with Crippen molar-refractivity contribution in [1.29, 1.82) is 0 Å². The van der Waals surface area contributed by atoms with Gasteiger partial charge in [-0.3, -0.25) is 4.79 Å². The third-order valence-electron chi connectivity index (χ3n) is 3.03. The van der Waals surface area contributed by atoms with E-state index >= 15 is 0 Å². The van der Waals surface area contributed by atoms with Crippen molar-refractivity contribution >= 4 is 33.8 Å². The molecule has 7 heteroatoms. The fourth-order valence-corrected chi connectivity index (χ4v) is 3.38. The Morgan fingerprint density at radius 3 is 2.68 bits per heavy atom. The number of nitrogens with zero attached hydrogens (tertiary/aromatic N) is 3. The molecule has 0 radical (unpaired) electrons. The second-order valence-corrected chi connectivity index (χ2v) is 5.77. The van der Waals surface area contributed by atoms with Crippen molar-refractivity contribution in [3.05, 3.63) is 44.3 Å². The van der Waals surface area contributed by atoms with Crippen LogP contribution in [0.15, 0.2) is 23.5 Å². The minimum absolute atomic E-state index is 0.129. The molecular formula is C12H10N4OS2. The van der Waals surface area contributed by atoms with E-state index in [1.54, 1.807) is 23.7 Å². The first kappa shape index (κ1) is 12.2. The summed E-state index contributed by atoms with van der Waals surface area (Å²) in [7, 11) is 0. The Kier molecular flexibility index (Phi) is 2.79. The van der Waals surface area contributed by atoms with Gasteiger partial charge < -0.3 is 4.98 Å². The Bertz CT molecular complexity index is 876. The van der Waals surface area contributed by atoms with Crippen molar-refractivity contribution in [1.82, 2.24) is 19.5 Å². The Balaban J connectivity index is 2.48. The van der Waals surface area contributed by atoms with Gasteiger partial charge in [-0.2, -0.15) is 0 Å².